The maximum absolute atomic E-state index is 14.2. The van der Waals surface area contributed by atoms with Crippen molar-refractivity contribution in [2.24, 2.45) is 0 Å². The molecule has 0 fully saturated rings. The zero-order valence-corrected chi connectivity index (χ0v) is 27.4. The summed E-state index contributed by atoms with van der Waals surface area (Å²) in [5.41, 5.74) is 0.488. The van der Waals surface area contributed by atoms with Gasteiger partial charge in [-0.1, -0.05) is 45.7 Å². The Balaban J connectivity index is 2.17. The number of carbonyl (C=O) groups excluding carboxylic acids is 2. The molecular formula is C29H32BrClN4O7S. The molecule has 0 aromatic heterocycles. The minimum atomic E-state index is -4.61. The van der Waals surface area contributed by atoms with Crippen LogP contribution in [0.25, 0.3) is 0 Å². The highest BCUT2D eigenvalue weighted by molar-refractivity contribution is 9.10. The van der Waals surface area contributed by atoms with Crippen molar-refractivity contribution in [2.75, 3.05) is 18.0 Å². The molecule has 0 radical (unpaired) electrons. The molecule has 0 saturated heterocycles. The number of nitro groups is 1. The minimum absolute atomic E-state index is 0.0124. The quantitative estimate of drug-likeness (QED) is 0.196. The second-order valence-electron chi connectivity index (χ2n) is 10.0. The number of sulfonamides is 1. The van der Waals surface area contributed by atoms with Crippen molar-refractivity contribution in [1.82, 2.24) is 10.2 Å². The Labute approximate surface area is 264 Å². The first-order chi connectivity index (χ1) is 20.1. The SMILES string of the molecule is COc1ccc(Cl)cc1N(CC(=O)N(Cc1cccc(Br)c1)C(C)C(=O)NC(C)C)S(=O)(=O)c1ccc(C)c([N+](=O)[O-])c1. The predicted molar refractivity (Wildman–Crippen MR) is 168 cm³/mol. The number of anilines is 1. The van der Waals surface area contributed by atoms with E-state index in [4.69, 9.17) is 16.3 Å². The number of carbonyl (C=O) groups is 2. The highest BCUT2D eigenvalue weighted by Crippen LogP contribution is 2.36. The lowest BCUT2D eigenvalue weighted by molar-refractivity contribution is -0.385. The number of methoxy groups -OCH3 is 1. The van der Waals surface area contributed by atoms with E-state index < -0.39 is 49.9 Å². The molecule has 0 aliphatic carbocycles. The lowest BCUT2D eigenvalue weighted by atomic mass is 10.1. The summed E-state index contributed by atoms with van der Waals surface area (Å²) < 4.78 is 35.3. The third-order valence-corrected chi connectivity index (χ3v) is 8.98. The summed E-state index contributed by atoms with van der Waals surface area (Å²) in [6, 6.07) is 13.7. The highest BCUT2D eigenvalue weighted by Gasteiger charge is 2.35. The Kier molecular flexibility index (Phi) is 11.2. The van der Waals surface area contributed by atoms with Gasteiger partial charge < -0.3 is 15.0 Å². The van der Waals surface area contributed by atoms with Crippen molar-refractivity contribution in [2.45, 2.75) is 51.2 Å². The predicted octanol–water partition coefficient (Wildman–Crippen LogP) is 5.46. The van der Waals surface area contributed by atoms with Crippen LogP contribution in [0.1, 0.15) is 31.9 Å². The first kappa shape index (κ1) is 33.8. The van der Waals surface area contributed by atoms with Crippen molar-refractivity contribution < 1.29 is 27.7 Å². The standard InChI is InChI=1S/C29H32BrClN4O7S/c1-18(2)32-29(37)20(4)33(16-21-7-6-8-22(30)13-21)28(36)17-34(26-14-23(31)10-12-27(26)42-5)43(40,41)24-11-9-19(3)25(15-24)35(38)39/h6-15,18,20H,16-17H2,1-5H3,(H,32,37). The Hall–Kier alpha value is -3.68. The molecule has 0 saturated carbocycles. The number of halogens is 2. The minimum Gasteiger partial charge on any atom is -0.495 e. The second-order valence-corrected chi connectivity index (χ2v) is 13.2. The fourth-order valence-electron chi connectivity index (χ4n) is 4.26. The van der Waals surface area contributed by atoms with Gasteiger partial charge >= 0.3 is 0 Å². The van der Waals surface area contributed by atoms with Crippen molar-refractivity contribution in [3.63, 3.8) is 0 Å². The average molecular weight is 696 g/mol. The normalized spacial score (nSPS) is 12.0. The molecule has 0 bridgehead atoms. The zero-order valence-electron chi connectivity index (χ0n) is 24.2. The number of hydrogen-bond acceptors (Lipinski definition) is 7. The van der Waals surface area contributed by atoms with Gasteiger partial charge in [0.1, 0.15) is 18.3 Å². The van der Waals surface area contributed by atoms with Gasteiger partial charge in [-0.3, -0.25) is 24.0 Å². The molecule has 1 atom stereocenters. The number of amides is 2. The van der Waals surface area contributed by atoms with Crippen molar-refractivity contribution in [3.8, 4) is 5.75 Å². The second kappa shape index (κ2) is 14.2. The lowest BCUT2D eigenvalue weighted by Crippen LogP contribution is -2.52. The molecule has 2 amide bonds. The number of nitrogens with zero attached hydrogens (tertiary/aromatic N) is 3. The molecule has 0 aliphatic heterocycles. The summed E-state index contributed by atoms with van der Waals surface area (Å²) in [4.78, 5) is 38.9. The van der Waals surface area contributed by atoms with E-state index >= 15 is 0 Å². The van der Waals surface area contributed by atoms with Crippen LogP contribution in [0.15, 0.2) is 70.0 Å². The van der Waals surface area contributed by atoms with E-state index in [9.17, 15) is 28.1 Å². The first-order valence-corrected chi connectivity index (χ1v) is 15.7. The van der Waals surface area contributed by atoms with Gasteiger partial charge in [0.25, 0.3) is 15.7 Å². The fourth-order valence-corrected chi connectivity index (χ4v) is 6.31. The molecule has 0 aliphatic rings. The van der Waals surface area contributed by atoms with Gasteiger partial charge in [-0.25, -0.2) is 8.42 Å². The summed E-state index contributed by atoms with van der Waals surface area (Å²) in [6.45, 7) is 5.82. The fraction of sp³-hybridized carbons (Fsp3) is 0.310. The van der Waals surface area contributed by atoms with Crippen LogP contribution >= 0.6 is 27.5 Å². The van der Waals surface area contributed by atoms with Crippen molar-refractivity contribution in [1.29, 1.82) is 0 Å². The van der Waals surface area contributed by atoms with E-state index in [-0.39, 0.29) is 34.6 Å². The van der Waals surface area contributed by atoms with Gasteiger partial charge in [0.15, 0.2) is 0 Å². The number of aryl methyl sites for hydroxylation is 1. The zero-order chi connectivity index (χ0) is 32.1. The van der Waals surface area contributed by atoms with E-state index in [1.165, 1.54) is 49.3 Å². The maximum atomic E-state index is 14.2. The number of ether oxygens (including phenoxy) is 1. The summed E-state index contributed by atoms with van der Waals surface area (Å²) >= 11 is 9.65. The van der Waals surface area contributed by atoms with Crippen LogP contribution in [0.4, 0.5) is 11.4 Å². The van der Waals surface area contributed by atoms with E-state index in [1.54, 1.807) is 39.0 Å². The highest BCUT2D eigenvalue weighted by atomic mass is 79.9. The molecule has 3 aromatic rings. The van der Waals surface area contributed by atoms with Gasteiger partial charge in [0, 0.05) is 33.7 Å². The number of benzene rings is 3. The summed E-state index contributed by atoms with van der Waals surface area (Å²) in [6.07, 6.45) is 0. The number of rotatable bonds is 12. The molecule has 14 heteroatoms. The maximum Gasteiger partial charge on any atom is 0.273 e. The smallest absolute Gasteiger partial charge is 0.273 e. The Morgan fingerprint density at radius 3 is 2.40 bits per heavy atom. The van der Waals surface area contributed by atoms with Crippen LogP contribution < -0.4 is 14.4 Å². The third-order valence-electron chi connectivity index (χ3n) is 6.49. The summed E-state index contributed by atoms with van der Waals surface area (Å²) in [7, 11) is -3.29. The topological polar surface area (TPSA) is 139 Å². The van der Waals surface area contributed by atoms with Gasteiger partial charge in [-0.05, 0) is 69.7 Å². The van der Waals surface area contributed by atoms with Gasteiger partial charge in [-0.15, -0.1) is 0 Å². The number of hydrogen-bond donors (Lipinski definition) is 1. The molecular weight excluding hydrogens is 664 g/mol. The Morgan fingerprint density at radius 1 is 1.09 bits per heavy atom. The van der Waals surface area contributed by atoms with Gasteiger partial charge in [0.05, 0.1) is 22.6 Å². The molecule has 11 nitrogen and oxygen atoms in total. The lowest BCUT2D eigenvalue weighted by Gasteiger charge is -2.32. The van der Waals surface area contributed by atoms with Gasteiger partial charge in [0.2, 0.25) is 11.8 Å². The summed E-state index contributed by atoms with van der Waals surface area (Å²) in [5, 5.41) is 14.6. The van der Waals surface area contributed by atoms with E-state index in [1.807, 2.05) is 6.07 Å². The monoisotopic (exact) mass is 694 g/mol. The first-order valence-electron chi connectivity index (χ1n) is 13.1. The molecule has 0 heterocycles. The average Bonchev–Trinajstić information content (AvgIpc) is 2.93. The van der Waals surface area contributed by atoms with E-state index in [0.717, 1.165) is 14.8 Å². The molecule has 1 N–H and O–H groups in total. The van der Waals surface area contributed by atoms with Crippen LogP contribution in [0.3, 0.4) is 0 Å². The van der Waals surface area contributed by atoms with Crippen molar-refractivity contribution >= 4 is 60.7 Å². The Morgan fingerprint density at radius 2 is 1.79 bits per heavy atom. The van der Waals surface area contributed by atoms with Crippen LogP contribution in [-0.2, 0) is 26.2 Å². The molecule has 230 valence electrons. The van der Waals surface area contributed by atoms with Crippen LogP contribution in [0.5, 0.6) is 5.75 Å². The number of nitrogens with one attached hydrogen (secondary N) is 1. The van der Waals surface area contributed by atoms with Crippen molar-refractivity contribution in [3.05, 3.63) is 91.4 Å². The largest absolute Gasteiger partial charge is 0.495 e. The van der Waals surface area contributed by atoms with E-state index in [2.05, 4.69) is 21.2 Å². The molecule has 3 rings (SSSR count). The molecule has 1 unspecified atom stereocenters. The molecule has 43 heavy (non-hydrogen) atoms. The van der Waals surface area contributed by atoms with E-state index in [0.29, 0.717) is 5.56 Å². The van der Waals surface area contributed by atoms with Crippen LogP contribution in [0.2, 0.25) is 5.02 Å². The van der Waals surface area contributed by atoms with Crippen LogP contribution in [-0.4, -0.2) is 55.8 Å². The van der Waals surface area contributed by atoms with Gasteiger partial charge in [-0.2, -0.15) is 0 Å². The summed E-state index contributed by atoms with van der Waals surface area (Å²) in [5.74, 6) is -1.05. The molecule has 3 aromatic carbocycles. The molecule has 0 spiro atoms. The Bertz CT molecular complexity index is 1630. The number of nitro benzene ring substituents is 1. The van der Waals surface area contributed by atoms with Crippen LogP contribution in [0, 0.1) is 17.0 Å². The third kappa shape index (κ3) is 8.24.